The molecule has 0 bridgehead atoms. The SMILES string of the molecule is Cc1cc(NC(=O)CCCn2c(=O)oc3cc([N+](=O)[O-])ccc32)n(C2CCS(=O)(=O)C2)n1. The molecule has 1 atom stereocenters. The van der Waals surface area contributed by atoms with Gasteiger partial charge in [0.15, 0.2) is 15.4 Å². The summed E-state index contributed by atoms with van der Waals surface area (Å²) < 4.78 is 31.5. The van der Waals surface area contributed by atoms with Gasteiger partial charge in [-0.25, -0.2) is 17.9 Å². The first-order valence-electron chi connectivity index (χ1n) is 9.97. The predicted molar refractivity (Wildman–Crippen MR) is 114 cm³/mol. The molecule has 3 heterocycles. The van der Waals surface area contributed by atoms with E-state index < -0.39 is 20.5 Å². The highest BCUT2D eigenvalue weighted by Crippen LogP contribution is 2.27. The molecule has 0 aliphatic carbocycles. The van der Waals surface area contributed by atoms with Crippen molar-refractivity contribution in [2.45, 2.75) is 38.8 Å². The van der Waals surface area contributed by atoms with Gasteiger partial charge < -0.3 is 9.73 Å². The highest BCUT2D eigenvalue weighted by Gasteiger charge is 2.31. The van der Waals surface area contributed by atoms with Gasteiger partial charge in [0.1, 0.15) is 5.82 Å². The molecular weight excluding hydrogens is 442 g/mol. The van der Waals surface area contributed by atoms with E-state index in [1.807, 2.05) is 0 Å². The number of nitrogens with zero attached hydrogens (tertiary/aromatic N) is 4. The van der Waals surface area contributed by atoms with Crippen LogP contribution in [0.25, 0.3) is 11.1 Å². The van der Waals surface area contributed by atoms with Gasteiger partial charge in [-0.15, -0.1) is 0 Å². The summed E-state index contributed by atoms with van der Waals surface area (Å²) >= 11 is 0. The van der Waals surface area contributed by atoms with Gasteiger partial charge in [0.25, 0.3) is 5.69 Å². The first kappa shape index (κ1) is 21.7. The normalized spacial score (nSPS) is 17.6. The average molecular weight is 463 g/mol. The van der Waals surface area contributed by atoms with Crippen LogP contribution in [0.3, 0.4) is 0 Å². The lowest BCUT2D eigenvalue weighted by molar-refractivity contribution is -0.384. The highest BCUT2D eigenvalue weighted by molar-refractivity contribution is 7.91. The number of benzene rings is 1. The van der Waals surface area contributed by atoms with E-state index in [-0.39, 0.29) is 47.7 Å². The summed E-state index contributed by atoms with van der Waals surface area (Å²) in [7, 11) is -3.10. The Labute approximate surface area is 181 Å². The number of hydrogen-bond donors (Lipinski definition) is 1. The van der Waals surface area contributed by atoms with Gasteiger partial charge in [-0.1, -0.05) is 0 Å². The van der Waals surface area contributed by atoms with E-state index in [1.165, 1.54) is 22.8 Å². The lowest BCUT2D eigenvalue weighted by Crippen LogP contribution is -2.20. The van der Waals surface area contributed by atoms with E-state index in [1.54, 1.807) is 17.7 Å². The van der Waals surface area contributed by atoms with Crippen molar-refractivity contribution in [3.05, 3.63) is 50.6 Å². The minimum atomic E-state index is -3.10. The topological polar surface area (TPSA) is 159 Å². The van der Waals surface area contributed by atoms with Crippen molar-refractivity contribution in [2.24, 2.45) is 0 Å². The van der Waals surface area contributed by atoms with Crippen LogP contribution in [0.1, 0.15) is 31.0 Å². The van der Waals surface area contributed by atoms with Gasteiger partial charge in [0, 0.05) is 25.1 Å². The Morgan fingerprint density at radius 3 is 2.84 bits per heavy atom. The number of aryl methyl sites for hydroxylation is 2. The van der Waals surface area contributed by atoms with E-state index in [0.717, 1.165) is 0 Å². The number of carbonyl (C=O) groups excluding carboxylic acids is 1. The number of aromatic nitrogens is 3. The molecule has 3 aromatic rings. The Morgan fingerprint density at radius 2 is 2.16 bits per heavy atom. The smallest absolute Gasteiger partial charge is 0.407 e. The van der Waals surface area contributed by atoms with Crippen LogP contribution < -0.4 is 11.1 Å². The third-order valence-electron chi connectivity index (χ3n) is 5.33. The summed E-state index contributed by atoms with van der Waals surface area (Å²) in [5, 5.41) is 18.0. The fourth-order valence-corrected chi connectivity index (χ4v) is 5.53. The number of rotatable bonds is 7. The summed E-state index contributed by atoms with van der Waals surface area (Å²) in [4.78, 5) is 34.9. The molecule has 2 aromatic heterocycles. The fraction of sp³-hybridized carbons (Fsp3) is 0.421. The van der Waals surface area contributed by atoms with Crippen LogP contribution in [-0.2, 0) is 21.2 Å². The van der Waals surface area contributed by atoms with Gasteiger partial charge in [-0.2, -0.15) is 5.10 Å². The maximum Gasteiger partial charge on any atom is 0.419 e. The lowest BCUT2D eigenvalue weighted by atomic mass is 10.2. The van der Waals surface area contributed by atoms with Crippen LogP contribution in [0.15, 0.2) is 33.5 Å². The zero-order valence-electron chi connectivity index (χ0n) is 17.2. The van der Waals surface area contributed by atoms with E-state index in [2.05, 4.69) is 10.4 Å². The molecule has 0 saturated carbocycles. The number of nitro benzene ring substituents is 1. The highest BCUT2D eigenvalue weighted by atomic mass is 32.2. The second kappa shape index (κ2) is 8.22. The van der Waals surface area contributed by atoms with Crippen LogP contribution in [0, 0.1) is 17.0 Å². The number of nitro groups is 1. The Hall–Kier alpha value is -3.48. The molecule has 1 N–H and O–H groups in total. The van der Waals surface area contributed by atoms with Gasteiger partial charge in [0.2, 0.25) is 5.91 Å². The van der Waals surface area contributed by atoms with Crippen LogP contribution in [0.4, 0.5) is 11.5 Å². The Bertz CT molecular complexity index is 1370. The Kier molecular flexibility index (Phi) is 5.59. The number of nitrogens with one attached hydrogen (secondary N) is 1. The maximum atomic E-state index is 12.5. The van der Waals surface area contributed by atoms with Crippen LogP contribution in [0.2, 0.25) is 0 Å². The third kappa shape index (κ3) is 4.42. The van der Waals surface area contributed by atoms with E-state index in [9.17, 15) is 28.1 Å². The van der Waals surface area contributed by atoms with Crippen LogP contribution in [0.5, 0.6) is 0 Å². The molecule has 1 aromatic carbocycles. The van der Waals surface area contributed by atoms with Crippen molar-refractivity contribution >= 4 is 38.3 Å². The largest absolute Gasteiger partial charge is 0.419 e. The molecule has 1 unspecified atom stereocenters. The summed E-state index contributed by atoms with van der Waals surface area (Å²) in [6.07, 6.45) is 0.864. The minimum Gasteiger partial charge on any atom is -0.407 e. The number of hydrogen-bond acceptors (Lipinski definition) is 8. The van der Waals surface area contributed by atoms with Crippen LogP contribution >= 0.6 is 0 Å². The standard InChI is InChI=1S/C19H21N5O7S/c1-12-9-17(23(21-12)14-6-8-32(29,30)11-14)20-18(25)3-2-7-22-15-5-4-13(24(27)28)10-16(15)31-19(22)26/h4-5,9-10,14H,2-3,6-8,11H2,1H3,(H,20,25). The van der Waals surface area contributed by atoms with Crippen molar-refractivity contribution in [3.8, 4) is 0 Å². The second-order valence-corrected chi connectivity index (χ2v) is 9.98. The second-order valence-electron chi connectivity index (χ2n) is 7.75. The van der Waals surface area contributed by atoms with E-state index in [4.69, 9.17) is 4.42 Å². The van der Waals surface area contributed by atoms with Crippen molar-refractivity contribution in [3.63, 3.8) is 0 Å². The summed E-state index contributed by atoms with van der Waals surface area (Å²) in [5.74, 6) is -0.431. The number of amides is 1. The minimum absolute atomic E-state index is 0.00830. The lowest BCUT2D eigenvalue weighted by Gasteiger charge is -2.13. The molecule has 13 heteroatoms. The third-order valence-corrected chi connectivity index (χ3v) is 7.08. The van der Waals surface area contributed by atoms with Crippen LogP contribution in [-0.4, -0.2) is 45.1 Å². The van der Waals surface area contributed by atoms with Gasteiger partial charge >= 0.3 is 5.76 Å². The van der Waals surface area contributed by atoms with E-state index in [0.29, 0.717) is 29.9 Å². The van der Waals surface area contributed by atoms with Gasteiger partial charge in [-0.3, -0.25) is 19.5 Å². The molecule has 12 nitrogen and oxygen atoms in total. The first-order chi connectivity index (χ1) is 15.1. The van der Waals surface area contributed by atoms with Crippen molar-refractivity contribution in [1.82, 2.24) is 14.3 Å². The molecular formula is C19H21N5O7S. The Morgan fingerprint density at radius 1 is 1.38 bits per heavy atom. The molecule has 0 spiro atoms. The monoisotopic (exact) mass is 463 g/mol. The summed E-state index contributed by atoms with van der Waals surface area (Å²) in [6, 6.07) is 5.28. The molecule has 1 aliphatic heterocycles. The zero-order chi connectivity index (χ0) is 23.0. The number of oxazole rings is 1. The molecule has 1 saturated heterocycles. The average Bonchev–Trinajstić information content (AvgIpc) is 3.35. The van der Waals surface area contributed by atoms with Gasteiger partial charge in [-0.05, 0) is 25.8 Å². The number of non-ortho nitro benzene ring substituents is 1. The number of fused-ring (bicyclic) bond motifs is 1. The molecule has 1 fully saturated rings. The van der Waals surface area contributed by atoms with Crippen molar-refractivity contribution in [1.29, 1.82) is 0 Å². The van der Waals surface area contributed by atoms with Gasteiger partial charge in [0.05, 0.1) is 39.7 Å². The zero-order valence-corrected chi connectivity index (χ0v) is 18.0. The maximum absolute atomic E-state index is 12.5. The van der Waals surface area contributed by atoms with Crippen molar-refractivity contribution < 1.29 is 22.6 Å². The number of sulfone groups is 1. The fourth-order valence-electron chi connectivity index (χ4n) is 3.84. The summed E-state index contributed by atoms with van der Waals surface area (Å²) in [6.45, 7) is 1.95. The predicted octanol–water partition coefficient (Wildman–Crippen LogP) is 1.79. The molecule has 1 amide bonds. The van der Waals surface area contributed by atoms with E-state index >= 15 is 0 Å². The molecule has 1 aliphatic rings. The summed E-state index contributed by atoms with van der Waals surface area (Å²) in [5.41, 5.74) is 1.01. The first-order valence-corrected chi connectivity index (χ1v) is 11.8. The Balaban J connectivity index is 1.40. The molecule has 170 valence electrons. The molecule has 0 radical (unpaired) electrons. The van der Waals surface area contributed by atoms with Crippen molar-refractivity contribution in [2.75, 3.05) is 16.8 Å². The molecule has 32 heavy (non-hydrogen) atoms. The number of carbonyl (C=O) groups is 1. The molecule has 4 rings (SSSR count). The quantitative estimate of drug-likeness (QED) is 0.410. The number of anilines is 1.